The molecule has 1 aromatic rings. The third kappa shape index (κ3) is 4.18. The highest BCUT2D eigenvalue weighted by molar-refractivity contribution is 6.00. The van der Waals surface area contributed by atoms with Gasteiger partial charge in [0.05, 0.1) is 5.71 Å². The number of carbonyl (C=O) groups is 1. The number of hydrogen-bond acceptors (Lipinski definition) is 5. The Morgan fingerprint density at radius 3 is 2.77 bits per heavy atom. The molecule has 0 saturated heterocycles. The molecule has 0 saturated carbocycles. The van der Waals surface area contributed by atoms with Gasteiger partial charge in [0.1, 0.15) is 5.56 Å². The minimum absolute atomic E-state index is 0.0323. The second-order valence-corrected chi connectivity index (χ2v) is 4.69. The van der Waals surface area contributed by atoms with Crippen LogP contribution in [-0.2, 0) is 11.3 Å². The lowest BCUT2D eigenvalue weighted by Gasteiger charge is -2.09. The molecule has 0 radical (unpaired) electrons. The lowest BCUT2D eigenvalue weighted by Crippen LogP contribution is -2.34. The number of hydrogen-bond donors (Lipinski definition) is 3. The van der Waals surface area contributed by atoms with Gasteiger partial charge in [0.2, 0.25) is 11.8 Å². The molecule has 0 unspecified atom stereocenters. The van der Waals surface area contributed by atoms with E-state index in [1.807, 2.05) is 6.92 Å². The standard InChI is InChI=1S/C14H20N4O4/c1-4-6-7-10(19)17-16-9(3)11-12(20)15-14(22)18(8-5-2)13(11)21/h5,21H,2,4,6-8H2,1,3H3,(H,17,19)(H,15,20,22). The quantitative estimate of drug-likeness (QED) is 0.385. The maximum absolute atomic E-state index is 11.8. The summed E-state index contributed by atoms with van der Waals surface area (Å²) < 4.78 is 0.946. The summed E-state index contributed by atoms with van der Waals surface area (Å²) in [6, 6.07) is 0. The first-order chi connectivity index (χ1) is 10.4. The highest BCUT2D eigenvalue weighted by Crippen LogP contribution is 2.11. The maximum atomic E-state index is 11.8. The molecule has 0 aliphatic heterocycles. The van der Waals surface area contributed by atoms with E-state index in [1.54, 1.807) is 0 Å². The molecule has 0 atom stereocenters. The highest BCUT2D eigenvalue weighted by Gasteiger charge is 2.16. The van der Waals surface area contributed by atoms with Gasteiger partial charge in [0.25, 0.3) is 5.56 Å². The van der Waals surface area contributed by atoms with Crippen LogP contribution in [0.15, 0.2) is 27.3 Å². The van der Waals surface area contributed by atoms with E-state index < -0.39 is 17.1 Å². The van der Waals surface area contributed by atoms with Gasteiger partial charge in [-0.15, -0.1) is 6.58 Å². The van der Waals surface area contributed by atoms with Gasteiger partial charge in [0.15, 0.2) is 0 Å². The molecular weight excluding hydrogens is 288 g/mol. The normalized spacial score (nSPS) is 11.3. The van der Waals surface area contributed by atoms with Crippen LogP contribution in [0.1, 0.15) is 38.7 Å². The molecule has 1 amide bonds. The van der Waals surface area contributed by atoms with Gasteiger partial charge in [-0.3, -0.25) is 19.1 Å². The second-order valence-electron chi connectivity index (χ2n) is 4.69. The number of aromatic hydroxyl groups is 1. The Balaban J connectivity index is 3.12. The number of aromatic nitrogens is 2. The summed E-state index contributed by atoms with van der Waals surface area (Å²) >= 11 is 0. The SMILES string of the molecule is C=CCn1c(O)c(C(C)=NNC(=O)CCCC)c(=O)[nH]c1=O. The van der Waals surface area contributed by atoms with E-state index in [0.717, 1.165) is 17.4 Å². The Labute approximate surface area is 127 Å². The summed E-state index contributed by atoms with van der Waals surface area (Å²) in [5.74, 6) is -0.797. The second kappa shape index (κ2) is 7.96. The predicted molar refractivity (Wildman–Crippen MR) is 83.1 cm³/mol. The van der Waals surface area contributed by atoms with E-state index in [2.05, 4.69) is 22.1 Å². The van der Waals surface area contributed by atoms with Crippen molar-refractivity contribution in [2.24, 2.45) is 5.10 Å². The van der Waals surface area contributed by atoms with Crippen LogP contribution in [0, 0.1) is 0 Å². The molecule has 1 rings (SSSR count). The van der Waals surface area contributed by atoms with Gasteiger partial charge in [-0.25, -0.2) is 10.2 Å². The average Bonchev–Trinajstić information content (AvgIpc) is 2.47. The van der Waals surface area contributed by atoms with Crippen LogP contribution < -0.4 is 16.7 Å². The summed E-state index contributed by atoms with van der Waals surface area (Å²) in [7, 11) is 0. The van der Waals surface area contributed by atoms with Crippen LogP contribution in [0.5, 0.6) is 5.88 Å². The zero-order valence-electron chi connectivity index (χ0n) is 12.7. The van der Waals surface area contributed by atoms with Crippen LogP contribution in [-0.4, -0.2) is 26.3 Å². The Morgan fingerprint density at radius 2 is 2.18 bits per heavy atom. The van der Waals surface area contributed by atoms with Gasteiger partial charge in [-0.2, -0.15) is 5.10 Å². The Morgan fingerprint density at radius 1 is 1.50 bits per heavy atom. The first kappa shape index (κ1) is 17.4. The first-order valence-corrected chi connectivity index (χ1v) is 6.92. The fourth-order valence-corrected chi connectivity index (χ4v) is 1.78. The number of unbranched alkanes of at least 4 members (excludes halogenated alkanes) is 1. The van der Waals surface area contributed by atoms with Crippen molar-refractivity contribution < 1.29 is 9.90 Å². The third-order valence-corrected chi connectivity index (χ3v) is 2.95. The topological polar surface area (TPSA) is 117 Å². The van der Waals surface area contributed by atoms with E-state index in [0.29, 0.717) is 6.42 Å². The number of allylic oxidation sites excluding steroid dienone is 1. The summed E-state index contributed by atoms with van der Waals surface area (Å²) in [6.45, 7) is 6.92. The Hall–Kier alpha value is -2.64. The molecule has 0 aromatic carbocycles. The van der Waals surface area contributed by atoms with E-state index in [9.17, 15) is 19.5 Å². The largest absolute Gasteiger partial charge is 0.494 e. The van der Waals surface area contributed by atoms with E-state index in [-0.39, 0.29) is 23.7 Å². The molecule has 8 nitrogen and oxygen atoms in total. The molecule has 0 fully saturated rings. The van der Waals surface area contributed by atoms with Crippen LogP contribution >= 0.6 is 0 Å². The van der Waals surface area contributed by atoms with E-state index in [4.69, 9.17) is 0 Å². The molecule has 1 heterocycles. The molecule has 0 bridgehead atoms. The zero-order valence-corrected chi connectivity index (χ0v) is 12.7. The minimum atomic E-state index is -0.771. The lowest BCUT2D eigenvalue weighted by molar-refractivity contribution is -0.121. The fourth-order valence-electron chi connectivity index (χ4n) is 1.78. The number of rotatable bonds is 7. The van der Waals surface area contributed by atoms with E-state index >= 15 is 0 Å². The molecule has 0 aliphatic carbocycles. The smallest absolute Gasteiger partial charge is 0.331 e. The van der Waals surface area contributed by atoms with Crippen LogP contribution in [0.3, 0.4) is 0 Å². The molecule has 3 N–H and O–H groups in total. The van der Waals surface area contributed by atoms with Crippen molar-refractivity contribution >= 4 is 11.6 Å². The van der Waals surface area contributed by atoms with Crippen molar-refractivity contribution in [1.82, 2.24) is 15.0 Å². The molecule has 22 heavy (non-hydrogen) atoms. The van der Waals surface area contributed by atoms with Crippen LogP contribution in [0.2, 0.25) is 0 Å². The van der Waals surface area contributed by atoms with Crippen LogP contribution in [0.4, 0.5) is 0 Å². The maximum Gasteiger partial charge on any atom is 0.331 e. The van der Waals surface area contributed by atoms with Crippen molar-refractivity contribution in [3.05, 3.63) is 39.1 Å². The molecular formula is C14H20N4O4. The number of aromatic amines is 1. The molecule has 1 aromatic heterocycles. The van der Waals surface area contributed by atoms with E-state index in [1.165, 1.54) is 13.0 Å². The zero-order chi connectivity index (χ0) is 16.7. The van der Waals surface area contributed by atoms with Gasteiger partial charge in [0, 0.05) is 13.0 Å². The number of nitrogens with one attached hydrogen (secondary N) is 2. The molecule has 8 heteroatoms. The van der Waals surface area contributed by atoms with Gasteiger partial charge in [-0.05, 0) is 13.3 Å². The van der Waals surface area contributed by atoms with Gasteiger partial charge >= 0.3 is 5.69 Å². The van der Waals surface area contributed by atoms with Crippen molar-refractivity contribution in [2.45, 2.75) is 39.7 Å². The van der Waals surface area contributed by atoms with Crippen molar-refractivity contribution in [1.29, 1.82) is 0 Å². The number of nitrogens with zero attached hydrogens (tertiary/aromatic N) is 2. The summed E-state index contributed by atoms with van der Waals surface area (Å²) in [4.78, 5) is 37.0. The Kier molecular flexibility index (Phi) is 6.30. The summed E-state index contributed by atoms with van der Waals surface area (Å²) in [6.07, 6.45) is 3.34. The first-order valence-electron chi connectivity index (χ1n) is 6.92. The average molecular weight is 308 g/mol. The van der Waals surface area contributed by atoms with Gasteiger partial charge in [-0.1, -0.05) is 19.4 Å². The number of H-pyrrole nitrogens is 1. The molecule has 0 spiro atoms. The van der Waals surface area contributed by atoms with Gasteiger partial charge < -0.3 is 5.11 Å². The number of hydrazone groups is 1. The number of amides is 1. The fraction of sp³-hybridized carbons (Fsp3) is 0.429. The van der Waals surface area contributed by atoms with Crippen LogP contribution in [0.25, 0.3) is 0 Å². The highest BCUT2D eigenvalue weighted by atomic mass is 16.3. The monoisotopic (exact) mass is 308 g/mol. The Bertz CT molecular complexity index is 700. The number of carbonyl (C=O) groups excluding carboxylic acids is 1. The van der Waals surface area contributed by atoms with Crippen molar-refractivity contribution in [2.75, 3.05) is 0 Å². The lowest BCUT2D eigenvalue weighted by atomic mass is 10.2. The third-order valence-electron chi connectivity index (χ3n) is 2.95. The van der Waals surface area contributed by atoms with Crippen molar-refractivity contribution in [3.63, 3.8) is 0 Å². The van der Waals surface area contributed by atoms with Crippen molar-refractivity contribution in [3.8, 4) is 5.88 Å². The molecule has 0 aliphatic rings. The minimum Gasteiger partial charge on any atom is -0.494 e. The summed E-state index contributed by atoms with van der Waals surface area (Å²) in [5.41, 5.74) is 0.727. The summed E-state index contributed by atoms with van der Waals surface area (Å²) in [5, 5.41) is 13.9. The molecule has 120 valence electrons. The predicted octanol–water partition coefficient (Wildman–Crippen LogP) is 0.459.